The number of hydrogen-bond acceptors (Lipinski definition) is 5. The SMILES string of the molecule is CCOC1(C(C(=O)OC)[N+](=O)[O-])CCCCC1. The van der Waals surface area contributed by atoms with Crippen LogP contribution in [0, 0.1) is 10.1 Å². The minimum Gasteiger partial charge on any atom is -0.464 e. The molecule has 0 heterocycles. The normalized spacial score (nSPS) is 20.6. The summed E-state index contributed by atoms with van der Waals surface area (Å²) in [4.78, 5) is 22.1. The minimum absolute atomic E-state index is 0.362. The van der Waals surface area contributed by atoms with Crippen molar-refractivity contribution >= 4 is 5.97 Å². The van der Waals surface area contributed by atoms with Crippen molar-refractivity contribution in [2.75, 3.05) is 13.7 Å². The van der Waals surface area contributed by atoms with Crippen LogP contribution in [-0.2, 0) is 14.3 Å². The van der Waals surface area contributed by atoms with Gasteiger partial charge in [0.05, 0.1) is 7.11 Å². The fraction of sp³-hybridized carbons (Fsp3) is 0.909. The fourth-order valence-electron chi connectivity index (χ4n) is 2.54. The highest BCUT2D eigenvalue weighted by Gasteiger charge is 2.53. The summed E-state index contributed by atoms with van der Waals surface area (Å²) in [5, 5.41) is 11.1. The Hall–Kier alpha value is -1.17. The first-order chi connectivity index (χ1) is 8.07. The second-order valence-electron chi connectivity index (χ2n) is 4.27. The maximum Gasteiger partial charge on any atom is 0.384 e. The Morgan fingerprint density at radius 2 is 2.00 bits per heavy atom. The topological polar surface area (TPSA) is 78.7 Å². The molecule has 1 atom stereocenters. The zero-order valence-electron chi connectivity index (χ0n) is 10.3. The van der Waals surface area contributed by atoms with Gasteiger partial charge in [-0.15, -0.1) is 0 Å². The van der Waals surface area contributed by atoms with E-state index in [9.17, 15) is 14.9 Å². The van der Waals surface area contributed by atoms with E-state index in [1.807, 2.05) is 0 Å². The van der Waals surface area contributed by atoms with E-state index in [1.54, 1.807) is 6.92 Å². The first-order valence-corrected chi connectivity index (χ1v) is 5.92. The number of nitrogens with zero attached hydrogens (tertiary/aromatic N) is 1. The van der Waals surface area contributed by atoms with Crippen molar-refractivity contribution in [3.63, 3.8) is 0 Å². The summed E-state index contributed by atoms with van der Waals surface area (Å²) in [5.41, 5.74) is -0.983. The van der Waals surface area contributed by atoms with Crippen LogP contribution in [-0.4, -0.2) is 36.3 Å². The van der Waals surface area contributed by atoms with E-state index in [2.05, 4.69) is 4.74 Å². The van der Waals surface area contributed by atoms with E-state index in [1.165, 1.54) is 7.11 Å². The molecular formula is C11H19NO5. The van der Waals surface area contributed by atoms with Crippen molar-refractivity contribution in [2.24, 2.45) is 0 Å². The molecule has 6 heteroatoms. The van der Waals surface area contributed by atoms with Crippen molar-refractivity contribution in [3.05, 3.63) is 10.1 Å². The molecule has 0 aliphatic heterocycles. The maximum absolute atomic E-state index is 11.6. The van der Waals surface area contributed by atoms with Gasteiger partial charge in [0.2, 0.25) is 0 Å². The molecule has 1 aliphatic carbocycles. The second kappa shape index (κ2) is 5.95. The van der Waals surface area contributed by atoms with Gasteiger partial charge in [-0.05, 0) is 19.8 Å². The van der Waals surface area contributed by atoms with Crippen LogP contribution < -0.4 is 0 Å². The smallest absolute Gasteiger partial charge is 0.384 e. The number of ether oxygens (including phenoxy) is 2. The number of nitro groups is 1. The fourth-order valence-corrected chi connectivity index (χ4v) is 2.54. The van der Waals surface area contributed by atoms with Crippen molar-refractivity contribution in [3.8, 4) is 0 Å². The summed E-state index contributed by atoms with van der Waals surface area (Å²) < 4.78 is 10.1. The van der Waals surface area contributed by atoms with Crippen molar-refractivity contribution in [1.82, 2.24) is 0 Å². The summed E-state index contributed by atoms with van der Waals surface area (Å²) in [6, 6.07) is -1.41. The molecule has 0 amide bonds. The zero-order chi connectivity index (χ0) is 12.9. The summed E-state index contributed by atoms with van der Waals surface area (Å²) in [7, 11) is 1.17. The van der Waals surface area contributed by atoms with Gasteiger partial charge in [-0.1, -0.05) is 19.3 Å². The summed E-state index contributed by atoms with van der Waals surface area (Å²) in [5.74, 6) is -0.814. The van der Waals surface area contributed by atoms with E-state index >= 15 is 0 Å². The molecule has 6 nitrogen and oxygen atoms in total. The van der Waals surface area contributed by atoms with Crippen molar-refractivity contribution in [1.29, 1.82) is 0 Å². The van der Waals surface area contributed by atoms with Crippen LogP contribution in [0.25, 0.3) is 0 Å². The lowest BCUT2D eigenvalue weighted by molar-refractivity contribution is -0.535. The van der Waals surface area contributed by atoms with Gasteiger partial charge in [-0.2, -0.15) is 0 Å². The van der Waals surface area contributed by atoms with Crippen molar-refractivity contribution < 1.29 is 19.2 Å². The van der Waals surface area contributed by atoms with Gasteiger partial charge >= 0.3 is 12.0 Å². The molecule has 0 aromatic carbocycles. The highest BCUT2D eigenvalue weighted by molar-refractivity contribution is 5.75. The molecule has 17 heavy (non-hydrogen) atoms. The lowest BCUT2D eigenvalue weighted by Gasteiger charge is -2.36. The highest BCUT2D eigenvalue weighted by Crippen LogP contribution is 2.36. The molecule has 1 rings (SSSR count). The molecule has 0 aromatic heterocycles. The van der Waals surface area contributed by atoms with Crippen molar-refractivity contribution in [2.45, 2.75) is 50.7 Å². The maximum atomic E-state index is 11.6. The van der Waals surface area contributed by atoms with Crippen LogP contribution >= 0.6 is 0 Å². The minimum atomic E-state index is -1.41. The quantitative estimate of drug-likeness (QED) is 0.417. The standard InChI is InChI=1S/C11H19NO5/c1-3-17-11(7-5-4-6-8-11)9(12(14)15)10(13)16-2/h9H,3-8H2,1-2H3. The molecule has 98 valence electrons. The molecule has 0 bridgehead atoms. The Morgan fingerprint density at radius 1 is 1.41 bits per heavy atom. The van der Waals surface area contributed by atoms with Gasteiger partial charge in [0, 0.05) is 11.5 Å². The van der Waals surface area contributed by atoms with Gasteiger partial charge in [0.15, 0.2) is 0 Å². The Kier molecular flexibility index (Phi) is 4.86. The molecule has 0 aromatic rings. The van der Waals surface area contributed by atoms with Crippen LogP contribution in [0.3, 0.4) is 0 Å². The van der Waals surface area contributed by atoms with Gasteiger partial charge in [0.25, 0.3) is 0 Å². The number of esters is 1. The third kappa shape index (κ3) is 2.94. The molecule has 1 unspecified atom stereocenters. The van der Waals surface area contributed by atoms with Crippen LogP contribution in [0.1, 0.15) is 39.0 Å². The number of rotatable bonds is 5. The number of carbonyl (C=O) groups is 1. The second-order valence-corrected chi connectivity index (χ2v) is 4.27. The first kappa shape index (κ1) is 13.9. The molecule has 0 radical (unpaired) electrons. The summed E-state index contributed by atoms with van der Waals surface area (Å²) in [6.45, 7) is 2.14. The Labute approximate surface area is 100 Å². The summed E-state index contributed by atoms with van der Waals surface area (Å²) >= 11 is 0. The van der Waals surface area contributed by atoms with Gasteiger partial charge in [0.1, 0.15) is 5.60 Å². The zero-order valence-corrected chi connectivity index (χ0v) is 10.3. The summed E-state index contributed by atoms with van der Waals surface area (Å²) in [6.07, 6.45) is 3.81. The lowest BCUT2D eigenvalue weighted by atomic mass is 9.79. The molecule has 0 spiro atoms. The Morgan fingerprint density at radius 3 is 2.41 bits per heavy atom. The van der Waals surface area contributed by atoms with E-state index in [4.69, 9.17) is 4.74 Å². The molecule has 0 N–H and O–H groups in total. The number of carbonyl (C=O) groups excluding carboxylic acids is 1. The highest BCUT2D eigenvalue weighted by atomic mass is 16.6. The van der Waals surface area contributed by atoms with E-state index in [0.717, 1.165) is 19.3 Å². The Balaban J connectivity index is 2.99. The van der Waals surface area contributed by atoms with E-state index < -0.39 is 22.5 Å². The third-order valence-electron chi connectivity index (χ3n) is 3.27. The van der Waals surface area contributed by atoms with Gasteiger partial charge in [-0.3, -0.25) is 10.1 Å². The molecule has 1 fully saturated rings. The molecule has 1 aliphatic rings. The number of methoxy groups -OCH3 is 1. The van der Waals surface area contributed by atoms with Gasteiger partial charge < -0.3 is 9.47 Å². The average Bonchev–Trinajstić information content (AvgIpc) is 2.30. The lowest BCUT2D eigenvalue weighted by Crippen LogP contribution is -2.55. The monoisotopic (exact) mass is 245 g/mol. The predicted molar refractivity (Wildman–Crippen MR) is 60.2 cm³/mol. The molecule has 0 saturated heterocycles. The predicted octanol–water partition coefficient (Wildman–Crippen LogP) is 1.54. The van der Waals surface area contributed by atoms with Crippen LogP contribution in [0.2, 0.25) is 0 Å². The van der Waals surface area contributed by atoms with Crippen LogP contribution in [0.15, 0.2) is 0 Å². The van der Waals surface area contributed by atoms with Gasteiger partial charge in [-0.25, -0.2) is 4.79 Å². The average molecular weight is 245 g/mol. The largest absolute Gasteiger partial charge is 0.464 e. The number of hydrogen-bond donors (Lipinski definition) is 0. The molecular weight excluding hydrogens is 226 g/mol. The van der Waals surface area contributed by atoms with Crippen LogP contribution in [0.5, 0.6) is 0 Å². The van der Waals surface area contributed by atoms with E-state index in [-0.39, 0.29) is 0 Å². The first-order valence-electron chi connectivity index (χ1n) is 5.92. The third-order valence-corrected chi connectivity index (χ3v) is 3.27. The van der Waals surface area contributed by atoms with Crippen LogP contribution in [0.4, 0.5) is 0 Å². The molecule has 1 saturated carbocycles. The van der Waals surface area contributed by atoms with E-state index in [0.29, 0.717) is 19.4 Å². The Bertz CT molecular complexity index is 280.